The number of carbonyl (C=O) groups is 1. The zero-order valence-corrected chi connectivity index (χ0v) is 16.1. The van der Waals surface area contributed by atoms with Gasteiger partial charge in [-0.05, 0) is 72.0 Å². The minimum Gasteiger partial charge on any atom is -0.412 e. The van der Waals surface area contributed by atoms with Gasteiger partial charge in [-0.25, -0.2) is 0 Å². The summed E-state index contributed by atoms with van der Waals surface area (Å²) in [7, 11) is -1.67. The predicted molar refractivity (Wildman–Crippen MR) is 93.0 cm³/mol. The molecule has 122 valence electrons. The van der Waals surface area contributed by atoms with Crippen LogP contribution in [0.15, 0.2) is 11.6 Å². The Bertz CT molecular complexity index is 391. The molecule has 1 fully saturated rings. The molecule has 2 nitrogen and oxygen atoms in total. The average molecular weight is 311 g/mol. The largest absolute Gasteiger partial charge is 0.412 e. The van der Waals surface area contributed by atoms with Gasteiger partial charge in [0.05, 0.1) is 5.60 Å². The molecule has 3 heteroatoms. The molecule has 1 aliphatic rings. The molecule has 3 atom stereocenters. The Labute approximate surface area is 132 Å². The SMILES string of the molecule is CC(C)=CCC[C@](C)(O[Si](C)(C)C)[C@@H]1CC[C@@H](C)CC1=O. The summed E-state index contributed by atoms with van der Waals surface area (Å²) in [6.45, 7) is 15.3. The number of ketones is 1. The van der Waals surface area contributed by atoms with Gasteiger partial charge in [0, 0.05) is 12.3 Å². The van der Waals surface area contributed by atoms with Crippen LogP contribution in [-0.2, 0) is 9.22 Å². The van der Waals surface area contributed by atoms with E-state index in [1.807, 2.05) is 0 Å². The highest BCUT2D eigenvalue weighted by Crippen LogP contribution is 2.39. The van der Waals surface area contributed by atoms with Crippen molar-refractivity contribution in [2.24, 2.45) is 11.8 Å². The molecule has 0 unspecified atom stereocenters. The van der Waals surface area contributed by atoms with Crippen molar-refractivity contribution >= 4 is 14.1 Å². The summed E-state index contributed by atoms with van der Waals surface area (Å²) in [6.07, 6.45) is 7.11. The number of hydrogen-bond acceptors (Lipinski definition) is 2. The van der Waals surface area contributed by atoms with Gasteiger partial charge >= 0.3 is 0 Å². The topological polar surface area (TPSA) is 26.3 Å². The molecule has 1 aliphatic carbocycles. The van der Waals surface area contributed by atoms with Gasteiger partial charge in [0.2, 0.25) is 0 Å². The minimum absolute atomic E-state index is 0.0889. The normalized spacial score (nSPS) is 26.3. The quantitative estimate of drug-likeness (QED) is 0.488. The number of carbonyl (C=O) groups excluding carboxylic acids is 1. The van der Waals surface area contributed by atoms with E-state index in [4.69, 9.17) is 4.43 Å². The Morgan fingerprint density at radius 3 is 2.43 bits per heavy atom. The Morgan fingerprint density at radius 1 is 1.33 bits per heavy atom. The first-order chi connectivity index (χ1) is 9.53. The first-order valence-electron chi connectivity index (χ1n) is 8.40. The minimum atomic E-state index is -1.67. The molecule has 0 spiro atoms. The van der Waals surface area contributed by atoms with Crippen molar-refractivity contribution in [1.82, 2.24) is 0 Å². The molecule has 0 N–H and O–H groups in total. The molecule has 0 saturated heterocycles. The predicted octanol–water partition coefficient (Wildman–Crippen LogP) is 5.35. The fourth-order valence-corrected chi connectivity index (χ4v) is 5.13. The van der Waals surface area contributed by atoms with Gasteiger partial charge in [0.25, 0.3) is 0 Å². The molecule has 0 aromatic carbocycles. The van der Waals surface area contributed by atoms with Crippen LogP contribution in [0, 0.1) is 11.8 Å². The molecule has 1 saturated carbocycles. The fraction of sp³-hybridized carbons (Fsp3) is 0.833. The average Bonchev–Trinajstić information content (AvgIpc) is 2.24. The molecule has 0 amide bonds. The van der Waals surface area contributed by atoms with Crippen LogP contribution in [0.3, 0.4) is 0 Å². The Balaban J connectivity index is 2.89. The van der Waals surface area contributed by atoms with Crippen molar-refractivity contribution in [3.63, 3.8) is 0 Å². The van der Waals surface area contributed by atoms with E-state index in [-0.39, 0.29) is 11.5 Å². The summed E-state index contributed by atoms with van der Waals surface area (Å²) in [5, 5.41) is 0. The van der Waals surface area contributed by atoms with E-state index < -0.39 is 8.32 Å². The molecule has 0 heterocycles. The van der Waals surface area contributed by atoms with Crippen LogP contribution in [0.4, 0.5) is 0 Å². The van der Waals surface area contributed by atoms with E-state index in [1.54, 1.807) is 0 Å². The maximum atomic E-state index is 12.6. The second-order valence-corrected chi connectivity index (χ2v) is 12.7. The Kier molecular flexibility index (Phi) is 6.42. The third kappa shape index (κ3) is 6.07. The molecule has 0 bridgehead atoms. The lowest BCUT2D eigenvalue weighted by Crippen LogP contribution is -2.50. The maximum Gasteiger partial charge on any atom is 0.184 e. The second-order valence-electron chi connectivity index (χ2n) is 8.25. The van der Waals surface area contributed by atoms with Gasteiger partial charge in [0.15, 0.2) is 8.32 Å². The van der Waals surface area contributed by atoms with Gasteiger partial charge < -0.3 is 4.43 Å². The summed E-state index contributed by atoms with van der Waals surface area (Å²) < 4.78 is 6.54. The van der Waals surface area contributed by atoms with Crippen molar-refractivity contribution < 1.29 is 9.22 Å². The van der Waals surface area contributed by atoms with Crippen molar-refractivity contribution in [3.8, 4) is 0 Å². The number of allylic oxidation sites excluding steroid dienone is 2. The maximum absolute atomic E-state index is 12.6. The zero-order chi connectivity index (χ0) is 16.3. The molecular weight excluding hydrogens is 276 g/mol. The Hall–Kier alpha value is -0.413. The summed E-state index contributed by atoms with van der Waals surface area (Å²) in [5.41, 5.74) is 1.06. The number of Topliss-reactive ketones (excluding diaryl/α,β-unsaturated/α-hetero) is 1. The summed E-state index contributed by atoms with van der Waals surface area (Å²) in [6, 6.07) is 0. The van der Waals surface area contributed by atoms with E-state index in [0.29, 0.717) is 11.7 Å². The van der Waals surface area contributed by atoms with Gasteiger partial charge in [-0.2, -0.15) is 0 Å². The standard InChI is InChI=1S/C18H34O2Si/c1-14(2)9-8-12-18(4,20-21(5,6)7)16-11-10-15(3)13-17(16)19/h9,15-16H,8,10-13H2,1-7H3/t15-,16-,18+/m1/s1. The highest BCUT2D eigenvalue weighted by atomic mass is 28.4. The summed E-state index contributed by atoms with van der Waals surface area (Å²) in [4.78, 5) is 12.6. The first kappa shape index (κ1) is 18.6. The van der Waals surface area contributed by atoms with Crippen LogP contribution >= 0.6 is 0 Å². The zero-order valence-electron chi connectivity index (χ0n) is 15.1. The molecule has 1 rings (SSSR count). The fourth-order valence-electron chi connectivity index (χ4n) is 3.49. The van der Waals surface area contributed by atoms with E-state index >= 15 is 0 Å². The smallest absolute Gasteiger partial charge is 0.184 e. The van der Waals surface area contributed by atoms with Crippen LogP contribution in [0.5, 0.6) is 0 Å². The summed E-state index contributed by atoms with van der Waals surface area (Å²) in [5.74, 6) is 1.06. The third-order valence-electron chi connectivity index (χ3n) is 4.36. The highest BCUT2D eigenvalue weighted by molar-refractivity contribution is 6.69. The van der Waals surface area contributed by atoms with Crippen LogP contribution in [0.1, 0.15) is 59.8 Å². The van der Waals surface area contributed by atoms with E-state index in [9.17, 15) is 4.79 Å². The van der Waals surface area contributed by atoms with E-state index in [1.165, 1.54) is 5.57 Å². The van der Waals surface area contributed by atoms with E-state index in [2.05, 4.69) is 53.4 Å². The van der Waals surface area contributed by atoms with Crippen molar-refractivity contribution in [2.45, 2.75) is 85.0 Å². The molecule has 0 aromatic rings. The van der Waals surface area contributed by atoms with Crippen molar-refractivity contribution in [1.29, 1.82) is 0 Å². The van der Waals surface area contributed by atoms with Gasteiger partial charge in [-0.1, -0.05) is 18.6 Å². The lowest BCUT2D eigenvalue weighted by molar-refractivity contribution is -0.134. The monoisotopic (exact) mass is 310 g/mol. The van der Waals surface area contributed by atoms with Gasteiger partial charge in [-0.15, -0.1) is 0 Å². The van der Waals surface area contributed by atoms with Crippen LogP contribution in [0.25, 0.3) is 0 Å². The Morgan fingerprint density at radius 2 is 1.95 bits per heavy atom. The highest BCUT2D eigenvalue weighted by Gasteiger charge is 2.43. The molecule has 21 heavy (non-hydrogen) atoms. The molecular formula is C18H34O2Si. The van der Waals surface area contributed by atoms with Crippen LogP contribution in [-0.4, -0.2) is 19.7 Å². The van der Waals surface area contributed by atoms with Crippen molar-refractivity contribution in [2.75, 3.05) is 0 Å². The van der Waals surface area contributed by atoms with Crippen LogP contribution < -0.4 is 0 Å². The number of hydrogen-bond donors (Lipinski definition) is 0. The lowest BCUT2D eigenvalue weighted by Gasteiger charge is -2.44. The van der Waals surface area contributed by atoms with Crippen LogP contribution in [0.2, 0.25) is 19.6 Å². The first-order valence-corrected chi connectivity index (χ1v) is 11.8. The molecule has 0 aliphatic heterocycles. The van der Waals surface area contributed by atoms with Gasteiger partial charge in [0.1, 0.15) is 5.78 Å². The van der Waals surface area contributed by atoms with E-state index in [0.717, 1.165) is 32.1 Å². The third-order valence-corrected chi connectivity index (χ3v) is 5.43. The second kappa shape index (κ2) is 7.23. The lowest BCUT2D eigenvalue weighted by atomic mass is 9.72. The number of rotatable bonds is 6. The van der Waals surface area contributed by atoms with Crippen molar-refractivity contribution in [3.05, 3.63) is 11.6 Å². The molecule has 0 radical (unpaired) electrons. The van der Waals surface area contributed by atoms with Gasteiger partial charge in [-0.3, -0.25) is 4.79 Å². The molecule has 0 aromatic heterocycles. The summed E-state index contributed by atoms with van der Waals surface area (Å²) >= 11 is 0.